The molecule has 0 radical (unpaired) electrons. The number of furan rings is 1. The summed E-state index contributed by atoms with van der Waals surface area (Å²) in [5.41, 5.74) is 11.8. The topological polar surface area (TPSA) is 29.3 Å². The second-order valence-electron chi connectivity index (χ2n) is 12.8. The number of rotatable bonds is 6. The summed E-state index contributed by atoms with van der Waals surface area (Å²) in [4.78, 5) is 7.31. The monoisotopic (exact) mass is 670 g/mol. The summed E-state index contributed by atoms with van der Waals surface area (Å²) < 4.78 is 7.63. The van der Waals surface area contributed by atoms with Gasteiger partial charge in [-0.1, -0.05) is 115 Å². The Kier molecular flexibility index (Phi) is 7.00. The summed E-state index contributed by atoms with van der Waals surface area (Å²) in [6.07, 6.45) is 0. The lowest BCUT2D eigenvalue weighted by Gasteiger charge is -2.26. The predicted octanol–water partition coefficient (Wildman–Crippen LogP) is 13.8. The van der Waals surface area contributed by atoms with Crippen LogP contribution in [0.1, 0.15) is 0 Å². The SMILES string of the molecule is c1ccc(-c2ccc(N(c3ccccc3)c3ccc(-c4ccc5c(c4)oc4cc6nc(-c7ccc8ccccc8c7)sc6cc45)cc3)cc2)cc1. The van der Waals surface area contributed by atoms with Crippen molar-refractivity contribution in [3.05, 3.63) is 182 Å². The molecule has 4 heteroatoms. The summed E-state index contributed by atoms with van der Waals surface area (Å²) in [5, 5.41) is 5.71. The Hall–Kier alpha value is -6.49. The van der Waals surface area contributed by atoms with Gasteiger partial charge < -0.3 is 9.32 Å². The number of anilines is 3. The molecule has 0 saturated heterocycles. The van der Waals surface area contributed by atoms with Gasteiger partial charge in [0.2, 0.25) is 0 Å². The van der Waals surface area contributed by atoms with Crippen LogP contribution in [-0.2, 0) is 0 Å². The van der Waals surface area contributed by atoms with Crippen LogP contribution >= 0.6 is 11.3 Å². The summed E-state index contributed by atoms with van der Waals surface area (Å²) in [6.45, 7) is 0. The normalized spacial score (nSPS) is 11.5. The molecule has 0 aliphatic rings. The van der Waals surface area contributed by atoms with Crippen molar-refractivity contribution in [1.29, 1.82) is 0 Å². The van der Waals surface area contributed by atoms with Crippen LogP contribution in [0.25, 0.3) is 75.8 Å². The van der Waals surface area contributed by atoms with Gasteiger partial charge in [0, 0.05) is 39.5 Å². The zero-order valence-electron chi connectivity index (χ0n) is 27.5. The van der Waals surface area contributed by atoms with Gasteiger partial charge >= 0.3 is 0 Å². The second-order valence-corrected chi connectivity index (χ2v) is 13.9. The minimum atomic E-state index is 0.858. The number of benzene rings is 8. The first kappa shape index (κ1) is 29.4. The summed E-state index contributed by atoms with van der Waals surface area (Å²) in [7, 11) is 0. The van der Waals surface area contributed by atoms with E-state index in [2.05, 4.69) is 187 Å². The third kappa shape index (κ3) is 5.34. The van der Waals surface area contributed by atoms with E-state index in [0.717, 1.165) is 70.9 Å². The van der Waals surface area contributed by atoms with Gasteiger partial charge in [-0.15, -0.1) is 11.3 Å². The Bertz CT molecular complexity index is 2840. The highest BCUT2D eigenvalue weighted by Gasteiger charge is 2.16. The highest BCUT2D eigenvalue weighted by atomic mass is 32.1. The molecule has 0 atom stereocenters. The summed E-state index contributed by atoms with van der Waals surface area (Å²) in [5.74, 6) is 0. The zero-order valence-corrected chi connectivity index (χ0v) is 28.3. The molecule has 8 aromatic carbocycles. The highest BCUT2D eigenvalue weighted by Crippen LogP contribution is 2.40. The van der Waals surface area contributed by atoms with Crippen LogP contribution in [-0.4, -0.2) is 4.98 Å². The largest absolute Gasteiger partial charge is 0.456 e. The van der Waals surface area contributed by atoms with Gasteiger partial charge in [0.15, 0.2) is 0 Å². The van der Waals surface area contributed by atoms with Crippen LogP contribution in [0.3, 0.4) is 0 Å². The molecule has 0 saturated carbocycles. The number of fused-ring (bicyclic) bond motifs is 5. The Morgan fingerprint density at radius 3 is 1.73 bits per heavy atom. The first-order valence-corrected chi connectivity index (χ1v) is 17.9. The number of hydrogen-bond acceptors (Lipinski definition) is 4. The molecular formula is C47H30N2OS. The molecule has 0 aliphatic heterocycles. The van der Waals surface area contributed by atoms with Crippen molar-refractivity contribution in [2.24, 2.45) is 0 Å². The average Bonchev–Trinajstić information content (AvgIpc) is 3.78. The van der Waals surface area contributed by atoms with Crippen molar-refractivity contribution >= 4 is 71.3 Å². The maximum atomic E-state index is 6.47. The van der Waals surface area contributed by atoms with Crippen molar-refractivity contribution in [3.8, 4) is 32.8 Å². The van der Waals surface area contributed by atoms with E-state index in [9.17, 15) is 0 Å². The predicted molar refractivity (Wildman–Crippen MR) is 215 cm³/mol. The molecule has 0 bridgehead atoms. The lowest BCUT2D eigenvalue weighted by atomic mass is 10.0. The van der Waals surface area contributed by atoms with Gasteiger partial charge in [0.1, 0.15) is 16.2 Å². The lowest BCUT2D eigenvalue weighted by Crippen LogP contribution is -2.09. The first-order chi connectivity index (χ1) is 25.2. The van der Waals surface area contributed by atoms with E-state index in [1.165, 1.54) is 21.9 Å². The molecule has 10 aromatic rings. The van der Waals surface area contributed by atoms with Gasteiger partial charge in [-0.2, -0.15) is 0 Å². The second kappa shape index (κ2) is 12.1. The number of aromatic nitrogens is 1. The molecule has 2 heterocycles. The smallest absolute Gasteiger partial charge is 0.137 e. The Morgan fingerprint density at radius 1 is 0.412 bits per heavy atom. The van der Waals surface area contributed by atoms with Gasteiger partial charge in [-0.25, -0.2) is 4.98 Å². The maximum absolute atomic E-state index is 6.47. The molecule has 51 heavy (non-hydrogen) atoms. The third-order valence-electron chi connectivity index (χ3n) is 9.68. The molecule has 3 nitrogen and oxygen atoms in total. The average molecular weight is 671 g/mol. The van der Waals surface area contributed by atoms with E-state index >= 15 is 0 Å². The zero-order chi connectivity index (χ0) is 33.7. The van der Waals surface area contributed by atoms with E-state index in [4.69, 9.17) is 9.40 Å². The minimum absolute atomic E-state index is 0.858. The molecule has 0 amide bonds. The van der Waals surface area contributed by atoms with E-state index < -0.39 is 0 Å². The van der Waals surface area contributed by atoms with Crippen molar-refractivity contribution < 1.29 is 4.42 Å². The molecule has 0 aliphatic carbocycles. The number of hydrogen-bond donors (Lipinski definition) is 0. The third-order valence-corrected chi connectivity index (χ3v) is 10.8. The summed E-state index contributed by atoms with van der Waals surface area (Å²) in [6, 6.07) is 64.5. The van der Waals surface area contributed by atoms with Crippen molar-refractivity contribution in [1.82, 2.24) is 4.98 Å². The number of nitrogens with zero attached hydrogens (tertiary/aromatic N) is 2. The van der Waals surface area contributed by atoms with E-state index in [1.54, 1.807) is 11.3 Å². The van der Waals surface area contributed by atoms with Crippen LogP contribution in [0.4, 0.5) is 17.1 Å². The van der Waals surface area contributed by atoms with Crippen molar-refractivity contribution in [2.75, 3.05) is 4.90 Å². The van der Waals surface area contributed by atoms with Crippen LogP contribution in [0.2, 0.25) is 0 Å². The van der Waals surface area contributed by atoms with E-state index in [0.29, 0.717) is 0 Å². The molecule has 0 N–H and O–H groups in total. The van der Waals surface area contributed by atoms with E-state index in [1.807, 2.05) is 0 Å². The molecular weight excluding hydrogens is 641 g/mol. The quantitative estimate of drug-likeness (QED) is 0.176. The maximum Gasteiger partial charge on any atom is 0.137 e. The van der Waals surface area contributed by atoms with Crippen molar-refractivity contribution in [2.45, 2.75) is 0 Å². The fraction of sp³-hybridized carbons (Fsp3) is 0. The lowest BCUT2D eigenvalue weighted by molar-refractivity contribution is 0.669. The van der Waals surface area contributed by atoms with Crippen LogP contribution < -0.4 is 4.90 Å². The fourth-order valence-electron chi connectivity index (χ4n) is 7.08. The van der Waals surface area contributed by atoms with E-state index in [-0.39, 0.29) is 0 Å². The fourth-order valence-corrected chi connectivity index (χ4v) is 8.07. The number of para-hydroxylation sites is 1. The molecule has 2 aromatic heterocycles. The van der Waals surface area contributed by atoms with Gasteiger partial charge in [0.05, 0.1) is 10.2 Å². The molecule has 240 valence electrons. The van der Waals surface area contributed by atoms with Gasteiger partial charge in [0.25, 0.3) is 0 Å². The van der Waals surface area contributed by atoms with Crippen LogP contribution in [0, 0.1) is 0 Å². The van der Waals surface area contributed by atoms with Crippen LogP contribution in [0.5, 0.6) is 0 Å². The first-order valence-electron chi connectivity index (χ1n) is 17.1. The Balaban J connectivity index is 0.965. The molecule has 0 fully saturated rings. The minimum Gasteiger partial charge on any atom is -0.456 e. The standard InChI is InChI=1S/C47H30N2OS/c1-3-9-31(10-4-1)33-17-22-39(23-18-33)49(38-13-5-2-6-14-38)40-24-19-34(20-25-40)36-21-26-41-42-29-46-43(30-45(42)50-44(41)28-36)48-47(51-46)37-16-15-32-11-7-8-12-35(32)27-37/h1-30H. The van der Waals surface area contributed by atoms with Gasteiger partial charge in [-0.3, -0.25) is 0 Å². The number of thiazole rings is 1. The van der Waals surface area contributed by atoms with Gasteiger partial charge in [-0.05, 0) is 93.7 Å². The molecule has 0 unspecified atom stereocenters. The molecule has 0 spiro atoms. The molecule has 10 rings (SSSR count). The Labute approximate surface area is 299 Å². The van der Waals surface area contributed by atoms with Crippen LogP contribution in [0.15, 0.2) is 186 Å². The Morgan fingerprint density at radius 2 is 0.980 bits per heavy atom. The summed E-state index contributed by atoms with van der Waals surface area (Å²) >= 11 is 1.73. The highest BCUT2D eigenvalue weighted by molar-refractivity contribution is 7.21. The van der Waals surface area contributed by atoms with Crippen molar-refractivity contribution in [3.63, 3.8) is 0 Å².